The quantitative estimate of drug-likeness (QED) is 0.903. The lowest BCUT2D eigenvalue weighted by atomic mass is 9.98. The summed E-state index contributed by atoms with van der Waals surface area (Å²) in [4.78, 5) is 13.2. The van der Waals surface area contributed by atoms with E-state index in [1.54, 1.807) is 0 Å². The van der Waals surface area contributed by atoms with Crippen molar-refractivity contribution >= 4 is 5.97 Å². The van der Waals surface area contributed by atoms with Gasteiger partial charge < -0.3 is 5.11 Å². The van der Waals surface area contributed by atoms with Crippen LogP contribution in [0.5, 0.6) is 0 Å². The highest BCUT2D eigenvalue weighted by molar-refractivity contribution is 5.70. The van der Waals surface area contributed by atoms with Crippen molar-refractivity contribution in [2.75, 3.05) is 13.1 Å². The van der Waals surface area contributed by atoms with E-state index in [-0.39, 0.29) is 6.42 Å². The van der Waals surface area contributed by atoms with Crippen molar-refractivity contribution in [3.8, 4) is 0 Å². The third-order valence-electron chi connectivity index (χ3n) is 4.47. The summed E-state index contributed by atoms with van der Waals surface area (Å²) in [5.74, 6) is 1.08. The van der Waals surface area contributed by atoms with E-state index >= 15 is 0 Å². The zero-order chi connectivity index (χ0) is 13.2. The van der Waals surface area contributed by atoms with E-state index < -0.39 is 5.97 Å². The van der Waals surface area contributed by atoms with Crippen LogP contribution >= 0.6 is 0 Å². The highest BCUT2D eigenvalue weighted by Gasteiger charge is 2.32. The molecule has 2 aliphatic rings. The Morgan fingerprint density at radius 3 is 2.26 bits per heavy atom. The third kappa shape index (κ3) is 3.16. The molecule has 0 amide bonds. The maximum absolute atomic E-state index is 10.6. The minimum absolute atomic E-state index is 0.119. The first kappa shape index (κ1) is 12.7. The number of carbonyl (C=O) groups is 1. The second kappa shape index (κ2) is 5.33. The van der Waals surface area contributed by atoms with Gasteiger partial charge in [0.2, 0.25) is 0 Å². The Morgan fingerprint density at radius 1 is 1.11 bits per heavy atom. The average molecular weight is 259 g/mol. The smallest absolute Gasteiger partial charge is 0.307 e. The lowest BCUT2D eigenvalue weighted by Gasteiger charge is -2.31. The molecule has 1 aliphatic carbocycles. The fraction of sp³-hybridized carbons (Fsp3) is 0.562. The zero-order valence-corrected chi connectivity index (χ0v) is 11.2. The van der Waals surface area contributed by atoms with Crippen LogP contribution in [0.25, 0.3) is 0 Å². The van der Waals surface area contributed by atoms with Gasteiger partial charge in [-0.3, -0.25) is 9.69 Å². The van der Waals surface area contributed by atoms with Crippen molar-refractivity contribution < 1.29 is 9.90 Å². The van der Waals surface area contributed by atoms with Gasteiger partial charge in [0.1, 0.15) is 0 Å². The van der Waals surface area contributed by atoms with Crippen LogP contribution in [-0.4, -0.2) is 29.1 Å². The summed E-state index contributed by atoms with van der Waals surface area (Å²) in [5, 5.41) is 8.75. The number of piperidine rings is 1. The van der Waals surface area contributed by atoms with E-state index in [4.69, 9.17) is 5.11 Å². The fourth-order valence-corrected chi connectivity index (χ4v) is 3.64. The molecule has 0 unspecified atom stereocenters. The summed E-state index contributed by atoms with van der Waals surface area (Å²) in [6.45, 7) is 3.50. The summed E-state index contributed by atoms with van der Waals surface area (Å²) in [7, 11) is 0. The van der Waals surface area contributed by atoms with E-state index in [1.807, 2.05) is 12.1 Å². The van der Waals surface area contributed by atoms with Crippen LogP contribution in [-0.2, 0) is 17.8 Å². The Balaban J connectivity index is 1.59. The van der Waals surface area contributed by atoms with Crippen LogP contribution in [0.15, 0.2) is 24.3 Å². The maximum Gasteiger partial charge on any atom is 0.307 e. The molecular formula is C16H21NO2. The normalized spacial score (nSPS) is 26.5. The number of aliphatic carboxylic acids is 1. The van der Waals surface area contributed by atoms with Crippen LogP contribution in [0.1, 0.15) is 30.4 Å². The molecule has 1 heterocycles. The molecule has 2 atom stereocenters. The van der Waals surface area contributed by atoms with Gasteiger partial charge in [-0.2, -0.15) is 0 Å². The molecule has 102 valence electrons. The molecule has 1 N–H and O–H groups in total. The van der Waals surface area contributed by atoms with E-state index in [0.717, 1.165) is 23.9 Å². The number of hydrogen-bond donors (Lipinski definition) is 1. The van der Waals surface area contributed by atoms with Crippen LogP contribution in [0, 0.1) is 11.8 Å². The summed E-state index contributed by atoms with van der Waals surface area (Å²) in [6.07, 6.45) is 4.39. The van der Waals surface area contributed by atoms with Gasteiger partial charge >= 0.3 is 5.97 Å². The number of rotatable bonds is 4. The topological polar surface area (TPSA) is 40.5 Å². The van der Waals surface area contributed by atoms with Crippen molar-refractivity contribution in [3.05, 3.63) is 35.4 Å². The molecule has 0 aromatic heterocycles. The van der Waals surface area contributed by atoms with Crippen molar-refractivity contribution in [2.45, 2.75) is 32.2 Å². The van der Waals surface area contributed by atoms with Crippen molar-refractivity contribution in [1.29, 1.82) is 0 Å². The summed E-state index contributed by atoms with van der Waals surface area (Å²) >= 11 is 0. The van der Waals surface area contributed by atoms with E-state index in [2.05, 4.69) is 17.0 Å². The highest BCUT2D eigenvalue weighted by atomic mass is 16.4. The number of nitrogens with zero attached hydrogens (tertiary/aromatic N) is 1. The highest BCUT2D eigenvalue weighted by Crippen LogP contribution is 2.36. The first-order chi connectivity index (χ1) is 9.19. The Bertz CT molecular complexity index is 442. The second-order valence-electron chi connectivity index (χ2n) is 6.13. The summed E-state index contributed by atoms with van der Waals surface area (Å²) < 4.78 is 0. The SMILES string of the molecule is O=C(O)Cc1ccc(CN2C[C@@H]3CC[C@@H](C3)C2)cc1. The van der Waals surface area contributed by atoms with Gasteiger partial charge in [0.25, 0.3) is 0 Å². The van der Waals surface area contributed by atoms with Gasteiger partial charge in [-0.1, -0.05) is 24.3 Å². The maximum atomic E-state index is 10.6. The number of hydrogen-bond acceptors (Lipinski definition) is 2. The summed E-state index contributed by atoms with van der Waals surface area (Å²) in [6, 6.07) is 8.05. The first-order valence-electron chi connectivity index (χ1n) is 7.21. The van der Waals surface area contributed by atoms with Gasteiger partial charge in [0.15, 0.2) is 0 Å². The molecule has 0 spiro atoms. The molecule has 1 aromatic carbocycles. The molecule has 3 rings (SSSR count). The first-order valence-corrected chi connectivity index (χ1v) is 7.21. The van der Waals surface area contributed by atoms with Crippen molar-refractivity contribution in [1.82, 2.24) is 4.90 Å². The average Bonchev–Trinajstić information content (AvgIpc) is 2.71. The number of benzene rings is 1. The van der Waals surface area contributed by atoms with Crippen LogP contribution in [0.2, 0.25) is 0 Å². The molecule has 2 fully saturated rings. The monoisotopic (exact) mass is 259 g/mol. The number of carboxylic acids is 1. The van der Waals surface area contributed by atoms with Gasteiger partial charge in [0, 0.05) is 19.6 Å². The Kier molecular flexibility index (Phi) is 3.56. The Labute approximate surface area is 114 Å². The number of likely N-dealkylation sites (tertiary alicyclic amines) is 1. The molecule has 19 heavy (non-hydrogen) atoms. The minimum atomic E-state index is -0.764. The van der Waals surface area contributed by atoms with Gasteiger partial charge in [-0.05, 0) is 42.2 Å². The molecule has 0 radical (unpaired) electrons. The van der Waals surface area contributed by atoms with Gasteiger partial charge in [-0.15, -0.1) is 0 Å². The minimum Gasteiger partial charge on any atom is -0.481 e. The van der Waals surface area contributed by atoms with Crippen LogP contribution in [0.4, 0.5) is 0 Å². The predicted octanol–water partition coefficient (Wildman–Crippen LogP) is 2.55. The number of fused-ring (bicyclic) bond motifs is 2. The number of carboxylic acid groups (broad SMARTS) is 1. The molecule has 1 saturated carbocycles. The van der Waals surface area contributed by atoms with Gasteiger partial charge in [0.05, 0.1) is 6.42 Å². The lowest BCUT2D eigenvalue weighted by Crippen LogP contribution is -2.35. The predicted molar refractivity (Wildman–Crippen MR) is 73.9 cm³/mol. The van der Waals surface area contributed by atoms with E-state index in [9.17, 15) is 4.79 Å². The lowest BCUT2D eigenvalue weighted by molar-refractivity contribution is -0.136. The van der Waals surface area contributed by atoms with Crippen LogP contribution < -0.4 is 0 Å². The molecule has 3 nitrogen and oxygen atoms in total. The molecule has 1 saturated heterocycles. The van der Waals surface area contributed by atoms with E-state index in [0.29, 0.717) is 0 Å². The molecule has 2 bridgehead atoms. The zero-order valence-electron chi connectivity index (χ0n) is 11.2. The third-order valence-corrected chi connectivity index (χ3v) is 4.47. The fourth-order valence-electron chi connectivity index (χ4n) is 3.64. The molecule has 1 aliphatic heterocycles. The van der Waals surface area contributed by atoms with Crippen LogP contribution in [0.3, 0.4) is 0 Å². The van der Waals surface area contributed by atoms with Gasteiger partial charge in [-0.25, -0.2) is 0 Å². The second-order valence-corrected chi connectivity index (χ2v) is 6.13. The molecule has 1 aromatic rings. The van der Waals surface area contributed by atoms with Crippen molar-refractivity contribution in [3.63, 3.8) is 0 Å². The molecule has 3 heteroatoms. The largest absolute Gasteiger partial charge is 0.481 e. The summed E-state index contributed by atoms with van der Waals surface area (Å²) in [5.41, 5.74) is 2.19. The Morgan fingerprint density at radius 2 is 1.68 bits per heavy atom. The standard InChI is InChI=1S/C16H21NO2/c18-16(19)8-12-1-3-13(4-2-12)9-17-10-14-5-6-15(7-14)11-17/h1-4,14-15H,5-11H2,(H,18,19)/t14-,15+. The Hall–Kier alpha value is -1.35. The van der Waals surface area contributed by atoms with Crippen molar-refractivity contribution in [2.24, 2.45) is 11.8 Å². The van der Waals surface area contributed by atoms with E-state index in [1.165, 1.54) is 37.9 Å². The molecular weight excluding hydrogens is 238 g/mol.